The highest BCUT2D eigenvalue weighted by atomic mass is 79.9. The molecule has 0 radical (unpaired) electrons. The monoisotopic (exact) mass is 306 g/mol. The maximum absolute atomic E-state index is 10.9. The lowest BCUT2D eigenvalue weighted by atomic mass is 10.2. The SMILES string of the molecule is Cc1ccc(Br)cc1Nc1cc(C(=O)O)ccn1. The molecule has 18 heavy (non-hydrogen) atoms. The first kappa shape index (κ1) is 12.6. The van der Waals surface area contributed by atoms with Crippen LogP contribution in [0, 0.1) is 6.92 Å². The number of nitrogens with one attached hydrogen (secondary N) is 1. The third kappa shape index (κ3) is 2.87. The Bertz CT molecular complexity index is 599. The van der Waals surface area contributed by atoms with Gasteiger partial charge in [-0.15, -0.1) is 0 Å². The molecule has 2 N–H and O–H groups in total. The van der Waals surface area contributed by atoms with Gasteiger partial charge in [-0.05, 0) is 36.8 Å². The number of carbonyl (C=O) groups is 1. The summed E-state index contributed by atoms with van der Waals surface area (Å²) in [5.41, 5.74) is 2.15. The number of halogens is 1. The van der Waals surface area contributed by atoms with Crippen molar-refractivity contribution < 1.29 is 9.90 Å². The Balaban J connectivity index is 2.31. The number of nitrogens with zero attached hydrogens (tertiary/aromatic N) is 1. The molecule has 0 aliphatic carbocycles. The summed E-state index contributed by atoms with van der Waals surface area (Å²) in [4.78, 5) is 15.0. The van der Waals surface area contributed by atoms with Gasteiger partial charge in [0.15, 0.2) is 0 Å². The first-order valence-corrected chi connectivity index (χ1v) is 6.08. The summed E-state index contributed by atoms with van der Waals surface area (Å²) < 4.78 is 0.949. The quantitative estimate of drug-likeness (QED) is 0.909. The van der Waals surface area contributed by atoms with Crippen molar-refractivity contribution in [2.24, 2.45) is 0 Å². The second-order valence-electron chi connectivity index (χ2n) is 3.82. The zero-order valence-electron chi connectivity index (χ0n) is 9.64. The van der Waals surface area contributed by atoms with Gasteiger partial charge >= 0.3 is 5.97 Å². The Morgan fingerprint density at radius 3 is 2.83 bits per heavy atom. The molecule has 0 saturated carbocycles. The molecule has 2 rings (SSSR count). The molecule has 4 nitrogen and oxygen atoms in total. The molecule has 0 aliphatic rings. The fourth-order valence-corrected chi connectivity index (χ4v) is 1.86. The average Bonchev–Trinajstić information content (AvgIpc) is 2.34. The third-order valence-electron chi connectivity index (χ3n) is 2.47. The van der Waals surface area contributed by atoms with Crippen molar-refractivity contribution >= 4 is 33.4 Å². The van der Waals surface area contributed by atoms with Gasteiger partial charge in [-0.3, -0.25) is 0 Å². The Labute approximate surface area is 113 Å². The fourth-order valence-electron chi connectivity index (χ4n) is 1.50. The number of hydrogen-bond donors (Lipinski definition) is 2. The van der Waals surface area contributed by atoms with Crippen LogP contribution in [0.3, 0.4) is 0 Å². The van der Waals surface area contributed by atoms with Gasteiger partial charge in [0.05, 0.1) is 5.56 Å². The summed E-state index contributed by atoms with van der Waals surface area (Å²) in [6, 6.07) is 8.80. The molecule has 5 heteroatoms. The Kier molecular flexibility index (Phi) is 3.62. The molecule has 0 aliphatic heterocycles. The number of rotatable bonds is 3. The van der Waals surface area contributed by atoms with Gasteiger partial charge in [0.2, 0.25) is 0 Å². The first-order valence-electron chi connectivity index (χ1n) is 5.29. The van der Waals surface area contributed by atoms with Gasteiger partial charge in [-0.2, -0.15) is 0 Å². The molecule has 0 amide bonds. The van der Waals surface area contributed by atoms with Gasteiger partial charge in [0, 0.05) is 16.4 Å². The van der Waals surface area contributed by atoms with Crippen LogP contribution in [0.25, 0.3) is 0 Å². The second kappa shape index (κ2) is 5.18. The lowest BCUT2D eigenvalue weighted by molar-refractivity contribution is 0.0697. The van der Waals surface area contributed by atoms with E-state index >= 15 is 0 Å². The van der Waals surface area contributed by atoms with Crippen molar-refractivity contribution in [3.63, 3.8) is 0 Å². The van der Waals surface area contributed by atoms with Gasteiger partial charge in [0.25, 0.3) is 0 Å². The summed E-state index contributed by atoms with van der Waals surface area (Å²) in [6.07, 6.45) is 1.47. The zero-order valence-corrected chi connectivity index (χ0v) is 11.2. The maximum atomic E-state index is 10.9. The minimum absolute atomic E-state index is 0.208. The van der Waals surface area contributed by atoms with Crippen LogP contribution in [0.1, 0.15) is 15.9 Å². The van der Waals surface area contributed by atoms with Crippen LogP contribution in [0.15, 0.2) is 41.0 Å². The summed E-state index contributed by atoms with van der Waals surface area (Å²) in [7, 11) is 0. The van der Waals surface area contributed by atoms with E-state index in [-0.39, 0.29) is 5.56 Å². The predicted molar refractivity (Wildman–Crippen MR) is 73.4 cm³/mol. The lowest BCUT2D eigenvalue weighted by Crippen LogP contribution is -2.00. The zero-order chi connectivity index (χ0) is 13.1. The molecule has 1 aromatic heterocycles. The van der Waals surface area contributed by atoms with E-state index in [9.17, 15) is 4.79 Å². The van der Waals surface area contributed by atoms with Crippen LogP contribution >= 0.6 is 15.9 Å². The molecule has 1 aromatic carbocycles. The topological polar surface area (TPSA) is 62.2 Å². The smallest absolute Gasteiger partial charge is 0.335 e. The van der Waals surface area contributed by atoms with E-state index in [0.717, 1.165) is 15.7 Å². The summed E-state index contributed by atoms with van der Waals surface area (Å²) in [5.74, 6) is -0.456. The highest BCUT2D eigenvalue weighted by molar-refractivity contribution is 9.10. The molecular weight excluding hydrogens is 296 g/mol. The number of benzene rings is 1. The van der Waals surface area contributed by atoms with E-state index in [0.29, 0.717) is 5.82 Å². The largest absolute Gasteiger partial charge is 0.478 e. The number of aryl methyl sites for hydroxylation is 1. The summed E-state index contributed by atoms with van der Waals surface area (Å²) in [5, 5.41) is 12.0. The van der Waals surface area contributed by atoms with E-state index in [1.165, 1.54) is 18.3 Å². The molecule has 2 aromatic rings. The van der Waals surface area contributed by atoms with Gasteiger partial charge < -0.3 is 10.4 Å². The van der Waals surface area contributed by atoms with Crippen LogP contribution < -0.4 is 5.32 Å². The van der Waals surface area contributed by atoms with E-state index in [2.05, 4.69) is 26.2 Å². The number of pyridine rings is 1. The van der Waals surface area contributed by atoms with Crippen molar-refractivity contribution in [2.45, 2.75) is 6.92 Å². The van der Waals surface area contributed by atoms with E-state index in [1.807, 2.05) is 25.1 Å². The van der Waals surface area contributed by atoms with Crippen molar-refractivity contribution in [2.75, 3.05) is 5.32 Å². The highest BCUT2D eigenvalue weighted by Gasteiger charge is 2.05. The normalized spacial score (nSPS) is 10.1. The molecular formula is C13H11BrN2O2. The number of aromatic carboxylic acids is 1. The molecule has 0 atom stereocenters. The summed E-state index contributed by atoms with van der Waals surface area (Å²) in [6.45, 7) is 1.97. The number of aromatic nitrogens is 1. The third-order valence-corrected chi connectivity index (χ3v) is 2.96. The Morgan fingerprint density at radius 2 is 2.11 bits per heavy atom. The molecule has 1 heterocycles. The van der Waals surface area contributed by atoms with E-state index < -0.39 is 5.97 Å². The van der Waals surface area contributed by atoms with Crippen molar-refractivity contribution in [3.05, 3.63) is 52.1 Å². The molecule has 0 bridgehead atoms. The van der Waals surface area contributed by atoms with Crippen LogP contribution in [-0.2, 0) is 0 Å². The minimum atomic E-state index is -0.966. The standard InChI is InChI=1S/C13H11BrN2O2/c1-8-2-3-10(14)7-11(8)16-12-6-9(13(17)18)4-5-15-12/h2-7H,1H3,(H,15,16)(H,17,18). The molecule has 0 spiro atoms. The Morgan fingerprint density at radius 1 is 1.33 bits per heavy atom. The fraction of sp³-hybridized carbons (Fsp3) is 0.0769. The Hall–Kier alpha value is -1.88. The van der Waals surface area contributed by atoms with E-state index in [4.69, 9.17) is 5.11 Å². The molecule has 0 fully saturated rings. The van der Waals surface area contributed by atoms with Gasteiger partial charge in [-0.1, -0.05) is 22.0 Å². The molecule has 0 saturated heterocycles. The minimum Gasteiger partial charge on any atom is -0.478 e. The second-order valence-corrected chi connectivity index (χ2v) is 4.73. The number of anilines is 2. The first-order chi connectivity index (χ1) is 8.56. The summed E-state index contributed by atoms with van der Waals surface area (Å²) >= 11 is 3.39. The van der Waals surface area contributed by atoms with Crippen LogP contribution in [0.5, 0.6) is 0 Å². The van der Waals surface area contributed by atoms with Gasteiger partial charge in [0.1, 0.15) is 5.82 Å². The molecule has 92 valence electrons. The number of carboxylic acids is 1. The number of carboxylic acid groups (broad SMARTS) is 1. The van der Waals surface area contributed by atoms with Crippen molar-refractivity contribution in [1.29, 1.82) is 0 Å². The van der Waals surface area contributed by atoms with Gasteiger partial charge in [-0.25, -0.2) is 9.78 Å². The van der Waals surface area contributed by atoms with Crippen LogP contribution in [0.2, 0.25) is 0 Å². The lowest BCUT2D eigenvalue weighted by Gasteiger charge is -2.09. The van der Waals surface area contributed by atoms with Crippen molar-refractivity contribution in [1.82, 2.24) is 4.98 Å². The van der Waals surface area contributed by atoms with Crippen LogP contribution in [0.4, 0.5) is 11.5 Å². The highest BCUT2D eigenvalue weighted by Crippen LogP contribution is 2.23. The van der Waals surface area contributed by atoms with E-state index in [1.54, 1.807) is 0 Å². The van der Waals surface area contributed by atoms with Crippen LogP contribution in [-0.4, -0.2) is 16.1 Å². The van der Waals surface area contributed by atoms with Crippen molar-refractivity contribution in [3.8, 4) is 0 Å². The molecule has 0 unspecified atom stereocenters. The predicted octanol–water partition coefficient (Wildman–Crippen LogP) is 3.59. The maximum Gasteiger partial charge on any atom is 0.335 e. The average molecular weight is 307 g/mol. The number of hydrogen-bond acceptors (Lipinski definition) is 3.